The minimum atomic E-state index is 0.599. The molecule has 0 amide bonds. The van der Waals surface area contributed by atoms with Crippen LogP contribution >= 0.6 is 0 Å². The summed E-state index contributed by atoms with van der Waals surface area (Å²) in [5.41, 5.74) is 5.69. The van der Waals surface area contributed by atoms with Crippen molar-refractivity contribution in [3.05, 3.63) is 22.3 Å². The van der Waals surface area contributed by atoms with Crippen molar-refractivity contribution in [1.82, 2.24) is 5.32 Å². The lowest BCUT2D eigenvalue weighted by atomic mass is 9.81. The first kappa shape index (κ1) is 13.4. The van der Waals surface area contributed by atoms with Gasteiger partial charge in [-0.25, -0.2) is 0 Å². The zero-order valence-corrected chi connectivity index (χ0v) is 13.0. The summed E-state index contributed by atoms with van der Waals surface area (Å²) in [5.74, 6) is 3.00. The Bertz CT molecular complexity index is 510. The van der Waals surface area contributed by atoms with Crippen LogP contribution in [-0.4, -0.2) is 26.3 Å². The molecule has 0 aliphatic carbocycles. The predicted molar refractivity (Wildman–Crippen MR) is 83.7 cm³/mol. The maximum atomic E-state index is 6.17. The van der Waals surface area contributed by atoms with Gasteiger partial charge in [-0.1, -0.05) is 0 Å². The van der Waals surface area contributed by atoms with Gasteiger partial charge in [-0.3, -0.25) is 0 Å². The van der Waals surface area contributed by atoms with E-state index < -0.39 is 0 Å². The van der Waals surface area contributed by atoms with Crippen LogP contribution in [0.4, 0.5) is 0 Å². The second-order valence-electron chi connectivity index (χ2n) is 6.60. The summed E-state index contributed by atoms with van der Waals surface area (Å²) in [5, 5.41) is 3.57. The Hall–Kier alpha value is -1.22. The number of piperidine rings is 1. The molecular weight excluding hydrogens is 262 g/mol. The van der Waals surface area contributed by atoms with Gasteiger partial charge in [-0.05, 0) is 57.6 Å². The Balaban J connectivity index is 1.89. The standard InChI is InChI=1S/C18H25NO2/c1-12-14-6-3-10-21-18(14)16(13-5-2-8-19-11-13)15-7-4-9-20-17(12)15/h13,19H,2-11H2,1H3. The highest BCUT2D eigenvalue weighted by atomic mass is 16.5. The second-order valence-corrected chi connectivity index (χ2v) is 6.60. The van der Waals surface area contributed by atoms with Crippen LogP contribution in [0.1, 0.15) is 53.9 Å². The van der Waals surface area contributed by atoms with Crippen LogP contribution in [0.3, 0.4) is 0 Å². The molecule has 1 aromatic rings. The van der Waals surface area contributed by atoms with Gasteiger partial charge in [0, 0.05) is 29.2 Å². The van der Waals surface area contributed by atoms with E-state index in [9.17, 15) is 0 Å². The topological polar surface area (TPSA) is 30.5 Å². The van der Waals surface area contributed by atoms with Crippen LogP contribution < -0.4 is 14.8 Å². The average molecular weight is 287 g/mol. The Morgan fingerprint density at radius 1 is 0.952 bits per heavy atom. The van der Waals surface area contributed by atoms with Gasteiger partial charge in [0.05, 0.1) is 13.2 Å². The van der Waals surface area contributed by atoms with Gasteiger partial charge >= 0.3 is 0 Å². The zero-order chi connectivity index (χ0) is 14.2. The van der Waals surface area contributed by atoms with Gasteiger partial charge in [-0.2, -0.15) is 0 Å². The first-order chi connectivity index (χ1) is 10.4. The third kappa shape index (κ3) is 2.22. The number of fused-ring (bicyclic) bond motifs is 2. The SMILES string of the molecule is Cc1c2c(c(C3CCCNC3)c3c1OCCC3)OCCC2. The Morgan fingerprint density at radius 2 is 1.71 bits per heavy atom. The van der Waals surface area contributed by atoms with Crippen LogP contribution in [-0.2, 0) is 12.8 Å². The van der Waals surface area contributed by atoms with E-state index in [0.29, 0.717) is 5.92 Å². The van der Waals surface area contributed by atoms with E-state index in [2.05, 4.69) is 12.2 Å². The molecule has 4 rings (SSSR count). The zero-order valence-electron chi connectivity index (χ0n) is 13.0. The fourth-order valence-corrected chi connectivity index (χ4v) is 4.24. The third-order valence-corrected chi connectivity index (χ3v) is 5.25. The monoisotopic (exact) mass is 287 g/mol. The lowest BCUT2D eigenvalue weighted by Gasteiger charge is -2.34. The van der Waals surface area contributed by atoms with Crippen molar-refractivity contribution in [3.8, 4) is 11.5 Å². The first-order valence-corrected chi connectivity index (χ1v) is 8.50. The van der Waals surface area contributed by atoms with Crippen molar-refractivity contribution in [1.29, 1.82) is 0 Å². The second kappa shape index (κ2) is 5.53. The van der Waals surface area contributed by atoms with Crippen LogP contribution in [0.5, 0.6) is 11.5 Å². The maximum Gasteiger partial charge on any atom is 0.126 e. The molecule has 3 nitrogen and oxygen atoms in total. The third-order valence-electron chi connectivity index (χ3n) is 5.25. The van der Waals surface area contributed by atoms with Crippen molar-refractivity contribution >= 4 is 0 Å². The fourth-order valence-electron chi connectivity index (χ4n) is 4.24. The van der Waals surface area contributed by atoms with Crippen molar-refractivity contribution in [2.45, 2.75) is 51.4 Å². The molecule has 0 saturated carbocycles. The van der Waals surface area contributed by atoms with E-state index in [0.717, 1.165) is 52.0 Å². The molecule has 1 fully saturated rings. The number of rotatable bonds is 1. The van der Waals surface area contributed by atoms with Gasteiger partial charge in [0.15, 0.2) is 0 Å². The van der Waals surface area contributed by atoms with Crippen molar-refractivity contribution in [2.75, 3.05) is 26.3 Å². The number of hydrogen-bond donors (Lipinski definition) is 1. The summed E-state index contributed by atoms with van der Waals surface area (Å²) in [4.78, 5) is 0. The lowest BCUT2D eigenvalue weighted by Crippen LogP contribution is -2.30. The molecule has 3 heteroatoms. The Morgan fingerprint density at radius 3 is 2.48 bits per heavy atom. The fraction of sp³-hybridized carbons (Fsp3) is 0.667. The normalized spacial score (nSPS) is 24.5. The minimum Gasteiger partial charge on any atom is -0.493 e. The van der Waals surface area contributed by atoms with E-state index >= 15 is 0 Å². The van der Waals surface area contributed by atoms with E-state index in [1.54, 1.807) is 0 Å². The largest absolute Gasteiger partial charge is 0.493 e. The molecule has 0 bridgehead atoms. The van der Waals surface area contributed by atoms with Gasteiger partial charge in [0.25, 0.3) is 0 Å². The molecule has 1 N–H and O–H groups in total. The number of nitrogens with one attached hydrogen (secondary N) is 1. The number of benzene rings is 1. The first-order valence-electron chi connectivity index (χ1n) is 8.50. The molecule has 3 aliphatic rings. The van der Waals surface area contributed by atoms with Crippen LogP contribution in [0.15, 0.2) is 0 Å². The molecule has 1 unspecified atom stereocenters. The number of hydrogen-bond acceptors (Lipinski definition) is 3. The van der Waals surface area contributed by atoms with Crippen LogP contribution in [0, 0.1) is 6.92 Å². The van der Waals surface area contributed by atoms with E-state index in [1.165, 1.54) is 46.6 Å². The molecule has 3 aliphatic heterocycles. The Labute approximate surface area is 127 Å². The van der Waals surface area contributed by atoms with Crippen LogP contribution in [0.2, 0.25) is 0 Å². The molecule has 0 aromatic heterocycles. The summed E-state index contributed by atoms with van der Waals surface area (Å²) in [7, 11) is 0. The molecular formula is C18H25NO2. The predicted octanol–water partition coefficient (Wildman–Crippen LogP) is 3.11. The molecule has 21 heavy (non-hydrogen) atoms. The molecule has 0 spiro atoms. The molecule has 0 radical (unpaired) electrons. The molecule has 1 saturated heterocycles. The summed E-state index contributed by atoms with van der Waals surface area (Å²) >= 11 is 0. The van der Waals surface area contributed by atoms with E-state index in [1.807, 2.05) is 0 Å². The van der Waals surface area contributed by atoms with Gasteiger partial charge in [0.2, 0.25) is 0 Å². The summed E-state index contributed by atoms with van der Waals surface area (Å²) in [6.45, 7) is 6.21. The van der Waals surface area contributed by atoms with E-state index in [-0.39, 0.29) is 0 Å². The molecule has 1 aromatic carbocycles. The lowest BCUT2D eigenvalue weighted by molar-refractivity contribution is 0.263. The van der Waals surface area contributed by atoms with Gasteiger partial charge < -0.3 is 14.8 Å². The summed E-state index contributed by atoms with van der Waals surface area (Å²) < 4.78 is 12.2. The Kier molecular flexibility index (Phi) is 3.54. The molecule has 114 valence electrons. The highest BCUT2D eigenvalue weighted by Crippen LogP contribution is 2.47. The summed E-state index contributed by atoms with van der Waals surface area (Å²) in [6.07, 6.45) is 7.11. The quantitative estimate of drug-likeness (QED) is 0.861. The average Bonchev–Trinajstić information content (AvgIpc) is 2.56. The maximum absolute atomic E-state index is 6.17. The van der Waals surface area contributed by atoms with Crippen molar-refractivity contribution in [3.63, 3.8) is 0 Å². The highest BCUT2D eigenvalue weighted by molar-refractivity contribution is 5.61. The van der Waals surface area contributed by atoms with Gasteiger partial charge in [-0.15, -0.1) is 0 Å². The van der Waals surface area contributed by atoms with Crippen LogP contribution in [0.25, 0.3) is 0 Å². The van der Waals surface area contributed by atoms with E-state index in [4.69, 9.17) is 9.47 Å². The summed E-state index contributed by atoms with van der Waals surface area (Å²) in [6, 6.07) is 0. The van der Waals surface area contributed by atoms with Crippen molar-refractivity contribution in [2.24, 2.45) is 0 Å². The molecule has 1 atom stereocenters. The smallest absolute Gasteiger partial charge is 0.126 e. The molecule has 3 heterocycles. The highest BCUT2D eigenvalue weighted by Gasteiger charge is 2.31. The minimum absolute atomic E-state index is 0.599. The van der Waals surface area contributed by atoms with Crippen molar-refractivity contribution < 1.29 is 9.47 Å². The number of ether oxygens (including phenoxy) is 2. The van der Waals surface area contributed by atoms with Gasteiger partial charge in [0.1, 0.15) is 11.5 Å².